The average molecular weight is 294 g/mol. The van der Waals surface area contributed by atoms with Gasteiger partial charge in [-0.3, -0.25) is 0 Å². The Morgan fingerprint density at radius 1 is 1.40 bits per heavy atom. The van der Waals surface area contributed by atoms with Crippen LogP contribution in [-0.4, -0.2) is 24.5 Å². The summed E-state index contributed by atoms with van der Waals surface area (Å²) < 4.78 is 28.6. The molecule has 0 aliphatic rings. The number of aryl methyl sites for hydroxylation is 2. The quantitative estimate of drug-likeness (QED) is 0.617. The molecular weight excluding hydrogens is 276 g/mol. The number of benzene rings is 1. The van der Waals surface area contributed by atoms with Crippen LogP contribution >= 0.6 is 0 Å². The Morgan fingerprint density at radius 3 is 2.85 bits per heavy atom. The summed E-state index contributed by atoms with van der Waals surface area (Å²) in [4.78, 5) is 4.12. The van der Waals surface area contributed by atoms with E-state index in [-0.39, 0.29) is 4.90 Å². The van der Waals surface area contributed by atoms with E-state index in [1.165, 1.54) is 6.07 Å². The molecule has 0 saturated carbocycles. The molecule has 2 aromatic rings. The Morgan fingerprint density at radius 2 is 2.20 bits per heavy atom. The predicted molar refractivity (Wildman–Crippen MR) is 77.6 cm³/mol. The summed E-state index contributed by atoms with van der Waals surface area (Å²) in [6.45, 7) is 2.93. The van der Waals surface area contributed by atoms with Gasteiger partial charge in [-0.2, -0.15) is 0 Å². The van der Waals surface area contributed by atoms with Gasteiger partial charge >= 0.3 is 0 Å². The van der Waals surface area contributed by atoms with Crippen LogP contribution in [0.3, 0.4) is 0 Å². The number of hydrogen-bond acceptors (Lipinski definition) is 4. The molecule has 2 rings (SSSR count). The van der Waals surface area contributed by atoms with Crippen LogP contribution < -0.4 is 10.5 Å². The van der Waals surface area contributed by atoms with Crippen molar-refractivity contribution in [3.05, 3.63) is 42.5 Å². The van der Waals surface area contributed by atoms with Crippen molar-refractivity contribution in [1.29, 1.82) is 0 Å². The topological polar surface area (TPSA) is 90.0 Å². The van der Waals surface area contributed by atoms with Gasteiger partial charge in [0.25, 0.3) is 0 Å². The molecule has 3 N–H and O–H groups in total. The number of nitrogens with zero attached hydrogens (tertiary/aromatic N) is 2. The minimum Gasteiger partial charge on any atom is -0.398 e. The molecule has 1 aromatic heterocycles. The second-order valence-electron chi connectivity index (χ2n) is 4.57. The molecule has 0 fully saturated rings. The lowest BCUT2D eigenvalue weighted by Gasteiger charge is -2.08. The fourth-order valence-corrected chi connectivity index (χ4v) is 2.87. The first-order valence-electron chi connectivity index (χ1n) is 6.30. The molecule has 0 saturated heterocycles. The lowest BCUT2D eigenvalue weighted by Crippen LogP contribution is -2.25. The second kappa shape index (κ2) is 6.06. The first kappa shape index (κ1) is 14.5. The Bertz CT molecular complexity index is 666. The van der Waals surface area contributed by atoms with E-state index in [2.05, 4.69) is 9.71 Å². The Hall–Kier alpha value is -1.86. The first-order chi connectivity index (χ1) is 9.49. The largest absolute Gasteiger partial charge is 0.398 e. The number of hydrogen-bond donors (Lipinski definition) is 2. The van der Waals surface area contributed by atoms with Crippen LogP contribution in [0.1, 0.15) is 12.0 Å². The van der Waals surface area contributed by atoms with Crippen molar-refractivity contribution >= 4 is 15.7 Å². The first-order valence-corrected chi connectivity index (χ1v) is 7.79. The Labute approximate surface area is 118 Å². The molecule has 0 bridgehead atoms. The molecule has 0 unspecified atom stereocenters. The van der Waals surface area contributed by atoms with Gasteiger partial charge in [0.1, 0.15) is 0 Å². The summed E-state index contributed by atoms with van der Waals surface area (Å²) in [7, 11) is -3.50. The monoisotopic (exact) mass is 294 g/mol. The van der Waals surface area contributed by atoms with Gasteiger partial charge in [-0.25, -0.2) is 18.1 Å². The summed E-state index contributed by atoms with van der Waals surface area (Å²) in [5.41, 5.74) is 7.08. The third-order valence-electron chi connectivity index (χ3n) is 3.01. The van der Waals surface area contributed by atoms with E-state index < -0.39 is 10.0 Å². The predicted octanol–water partition coefficient (Wildman–Crippen LogP) is 1.14. The average Bonchev–Trinajstić information content (AvgIpc) is 2.91. The molecule has 6 nitrogen and oxygen atoms in total. The lowest BCUT2D eigenvalue weighted by atomic mass is 10.2. The minimum absolute atomic E-state index is 0.197. The van der Waals surface area contributed by atoms with Gasteiger partial charge in [-0.05, 0) is 31.0 Å². The number of rotatable bonds is 6. The number of nitrogen functional groups attached to an aromatic ring is 1. The third-order valence-corrected chi connectivity index (χ3v) is 4.46. The van der Waals surface area contributed by atoms with Crippen molar-refractivity contribution in [3.8, 4) is 0 Å². The molecule has 0 spiro atoms. The van der Waals surface area contributed by atoms with Gasteiger partial charge in [-0.15, -0.1) is 0 Å². The maximum absolute atomic E-state index is 12.1. The molecule has 0 aliphatic carbocycles. The van der Waals surface area contributed by atoms with Crippen LogP contribution in [0.5, 0.6) is 0 Å². The van der Waals surface area contributed by atoms with Crippen LogP contribution in [-0.2, 0) is 16.6 Å². The maximum atomic E-state index is 12.1. The van der Waals surface area contributed by atoms with Crippen molar-refractivity contribution in [3.63, 3.8) is 0 Å². The van der Waals surface area contributed by atoms with Crippen LogP contribution in [0.4, 0.5) is 5.69 Å². The molecule has 0 aliphatic heterocycles. The number of anilines is 1. The second-order valence-corrected chi connectivity index (χ2v) is 6.34. The third kappa shape index (κ3) is 3.58. The number of nitrogens with one attached hydrogen (secondary N) is 1. The van der Waals surface area contributed by atoms with Gasteiger partial charge in [-0.1, -0.05) is 6.07 Å². The minimum atomic E-state index is -3.50. The zero-order valence-corrected chi connectivity index (χ0v) is 12.1. The van der Waals surface area contributed by atoms with Crippen molar-refractivity contribution < 1.29 is 8.42 Å². The van der Waals surface area contributed by atoms with Gasteiger partial charge in [0, 0.05) is 31.2 Å². The molecule has 0 radical (unpaired) electrons. The molecule has 1 aromatic carbocycles. The van der Waals surface area contributed by atoms with Crippen LogP contribution in [0.25, 0.3) is 0 Å². The molecular formula is C13H18N4O2S. The number of nitrogens with two attached hydrogens (primary N) is 1. The summed E-state index contributed by atoms with van der Waals surface area (Å²) in [6, 6.07) is 4.74. The van der Waals surface area contributed by atoms with Crippen molar-refractivity contribution in [1.82, 2.24) is 14.3 Å². The fraction of sp³-hybridized carbons (Fsp3) is 0.308. The van der Waals surface area contributed by atoms with Crippen molar-refractivity contribution in [2.45, 2.75) is 24.8 Å². The molecule has 1 heterocycles. The number of imidazole rings is 1. The number of sulfonamides is 1. The lowest BCUT2D eigenvalue weighted by molar-refractivity contribution is 0.570. The van der Waals surface area contributed by atoms with Crippen LogP contribution in [0.2, 0.25) is 0 Å². The number of aromatic nitrogens is 2. The highest BCUT2D eigenvalue weighted by Crippen LogP contribution is 2.16. The van der Waals surface area contributed by atoms with E-state index in [0.717, 1.165) is 12.1 Å². The summed E-state index contributed by atoms with van der Waals surface area (Å²) in [5, 5.41) is 0. The zero-order chi connectivity index (χ0) is 14.6. The Kier molecular flexibility index (Phi) is 4.41. The van der Waals surface area contributed by atoms with Crippen molar-refractivity contribution in [2.24, 2.45) is 0 Å². The molecule has 0 amide bonds. The normalized spacial score (nSPS) is 11.7. The van der Waals surface area contributed by atoms with E-state index in [4.69, 9.17) is 5.73 Å². The van der Waals surface area contributed by atoms with E-state index in [1.54, 1.807) is 24.7 Å². The van der Waals surface area contributed by atoms with E-state index in [9.17, 15) is 8.42 Å². The van der Waals surface area contributed by atoms with Gasteiger partial charge in [0.15, 0.2) is 0 Å². The smallest absolute Gasteiger partial charge is 0.240 e. The fourth-order valence-electron chi connectivity index (χ4n) is 1.76. The molecule has 7 heteroatoms. The van der Waals surface area contributed by atoms with Crippen LogP contribution in [0, 0.1) is 6.92 Å². The molecule has 0 atom stereocenters. The highest BCUT2D eigenvalue weighted by Gasteiger charge is 2.13. The highest BCUT2D eigenvalue weighted by molar-refractivity contribution is 7.89. The highest BCUT2D eigenvalue weighted by atomic mass is 32.2. The van der Waals surface area contributed by atoms with Crippen LogP contribution in [0.15, 0.2) is 41.8 Å². The van der Waals surface area contributed by atoms with E-state index in [0.29, 0.717) is 18.7 Å². The summed E-state index contributed by atoms with van der Waals surface area (Å²) in [5.74, 6) is 0. The van der Waals surface area contributed by atoms with E-state index in [1.807, 2.05) is 17.7 Å². The van der Waals surface area contributed by atoms with Crippen molar-refractivity contribution in [2.75, 3.05) is 12.3 Å². The summed E-state index contributed by atoms with van der Waals surface area (Å²) in [6.07, 6.45) is 5.93. The van der Waals surface area contributed by atoms with Gasteiger partial charge in [0.05, 0.1) is 11.2 Å². The molecule has 108 valence electrons. The Balaban J connectivity index is 1.92. The summed E-state index contributed by atoms with van der Waals surface area (Å²) >= 11 is 0. The zero-order valence-electron chi connectivity index (χ0n) is 11.3. The SMILES string of the molecule is Cc1ccc(S(=O)(=O)NCCCn2ccnc2)cc1N. The molecule has 20 heavy (non-hydrogen) atoms. The van der Waals surface area contributed by atoms with Gasteiger partial charge in [0.2, 0.25) is 10.0 Å². The maximum Gasteiger partial charge on any atom is 0.240 e. The van der Waals surface area contributed by atoms with E-state index >= 15 is 0 Å². The standard InChI is InChI=1S/C13H18N4O2S/c1-11-3-4-12(9-13(11)14)20(18,19)16-5-2-7-17-8-6-15-10-17/h3-4,6,8-10,16H,2,5,7,14H2,1H3. The van der Waals surface area contributed by atoms with Gasteiger partial charge < -0.3 is 10.3 Å².